The first kappa shape index (κ1) is 37.3. The lowest BCUT2D eigenvalue weighted by atomic mass is 10.1. The molecule has 0 bridgehead atoms. The van der Waals surface area contributed by atoms with E-state index in [0.29, 0.717) is 64.1 Å². The number of carbonyl (C=O) groups is 2. The highest BCUT2D eigenvalue weighted by Crippen LogP contribution is 2.29. The van der Waals surface area contributed by atoms with Gasteiger partial charge in [-0.2, -0.15) is 4.98 Å². The lowest BCUT2D eigenvalue weighted by Gasteiger charge is -2.26. The van der Waals surface area contributed by atoms with Gasteiger partial charge in [0.05, 0.1) is 12.1 Å². The van der Waals surface area contributed by atoms with E-state index < -0.39 is 18.0 Å². The third-order valence-electron chi connectivity index (χ3n) is 7.58. The number of nitrogens with two attached hydrogens (primary N) is 4. The van der Waals surface area contributed by atoms with Crippen molar-refractivity contribution in [2.75, 3.05) is 37.6 Å². The first-order valence-corrected chi connectivity index (χ1v) is 16.2. The molecule has 1 fully saturated rings. The Morgan fingerprint density at radius 2 is 1.53 bits per heavy atom. The number of aliphatic imine (C=N–C) groups is 2. The van der Waals surface area contributed by atoms with Crippen LogP contribution in [0.3, 0.4) is 0 Å². The molecule has 0 spiro atoms. The highest BCUT2D eigenvalue weighted by molar-refractivity contribution is 5.77. The van der Waals surface area contributed by atoms with Crippen molar-refractivity contribution >= 4 is 29.6 Å². The molecule has 2 rings (SSSR count). The van der Waals surface area contributed by atoms with Crippen molar-refractivity contribution in [2.45, 2.75) is 110 Å². The van der Waals surface area contributed by atoms with Crippen molar-refractivity contribution in [3.05, 3.63) is 22.2 Å². The summed E-state index contributed by atoms with van der Waals surface area (Å²) in [6, 6.07) is -0.366. The summed E-state index contributed by atoms with van der Waals surface area (Å²) in [7, 11) is 0. The highest BCUT2D eigenvalue weighted by Gasteiger charge is 2.38. The van der Waals surface area contributed by atoms with Crippen LogP contribution < -0.4 is 44.2 Å². The van der Waals surface area contributed by atoms with E-state index in [9.17, 15) is 14.4 Å². The molecule has 1 aromatic heterocycles. The van der Waals surface area contributed by atoms with Gasteiger partial charge < -0.3 is 43.2 Å². The number of anilines is 1. The molecule has 15 nitrogen and oxygen atoms in total. The molecule has 2 amide bonds. The maximum atomic E-state index is 13.4. The molecule has 0 saturated carbocycles. The van der Waals surface area contributed by atoms with Crippen LogP contribution in [0.25, 0.3) is 0 Å². The molecule has 1 aliphatic heterocycles. The average Bonchev–Trinajstić information content (AvgIpc) is 3.38. The standard InChI is InChI=1S/C30H55N11O4/c1-4-6-8-12-24(42)37-19-23-22(38-25(43)13-9-7-5-2)18-26(45-23)41-20-21(3)27(39-30(41)44)40(16-10-14-35-28(31)32)17-11-15-36-29(33)34/h20,22-23,26H,4-19H2,1-3H3,(H,37,42)(H,38,43)(H4,31,32,35)(H4,33,34,36)/t22-,23+,26+/m0/s1. The van der Waals surface area contributed by atoms with Gasteiger partial charge in [-0.15, -0.1) is 0 Å². The number of nitrogens with one attached hydrogen (secondary N) is 2. The molecule has 45 heavy (non-hydrogen) atoms. The van der Waals surface area contributed by atoms with Crippen LogP contribution in [0, 0.1) is 6.92 Å². The second kappa shape index (κ2) is 20.2. The Bertz CT molecular complexity index is 1150. The molecule has 0 aromatic carbocycles. The number of unbranched alkanes of at least 4 members (excludes halogenated alkanes) is 4. The second-order valence-corrected chi connectivity index (χ2v) is 11.5. The van der Waals surface area contributed by atoms with Crippen molar-refractivity contribution in [1.82, 2.24) is 20.2 Å². The van der Waals surface area contributed by atoms with Crippen molar-refractivity contribution in [1.29, 1.82) is 0 Å². The van der Waals surface area contributed by atoms with Gasteiger partial charge in [0.2, 0.25) is 11.8 Å². The quantitative estimate of drug-likeness (QED) is 0.0631. The summed E-state index contributed by atoms with van der Waals surface area (Å²) >= 11 is 0. The lowest BCUT2D eigenvalue weighted by molar-refractivity contribution is -0.122. The van der Waals surface area contributed by atoms with E-state index in [0.717, 1.165) is 44.1 Å². The predicted molar refractivity (Wildman–Crippen MR) is 178 cm³/mol. The van der Waals surface area contributed by atoms with E-state index >= 15 is 0 Å². The first-order valence-electron chi connectivity index (χ1n) is 16.2. The number of aryl methyl sites for hydroxylation is 1. The van der Waals surface area contributed by atoms with Gasteiger partial charge in [-0.3, -0.25) is 24.1 Å². The fourth-order valence-corrected chi connectivity index (χ4v) is 5.24. The van der Waals surface area contributed by atoms with Gasteiger partial charge >= 0.3 is 5.69 Å². The number of aromatic nitrogens is 2. The molecule has 10 N–H and O–H groups in total. The third kappa shape index (κ3) is 13.7. The Labute approximate surface area is 266 Å². The van der Waals surface area contributed by atoms with Crippen LogP contribution in [-0.2, 0) is 14.3 Å². The van der Waals surface area contributed by atoms with E-state index in [-0.39, 0.29) is 36.3 Å². The lowest BCUT2D eigenvalue weighted by Crippen LogP contribution is -2.45. The number of hydrogen-bond donors (Lipinski definition) is 6. The number of amides is 2. The number of hydrogen-bond acceptors (Lipinski definition) is 8. The first-order chi connectivity index (χ1) is 21.5. The normalized spacial score (nSPS) is 17.4. The fraction of sp³-hybridized carbons (Fsp3) is 0.733. The Kier molecular flexibility index (Phi) is 16.8. The monoisotopic (exact) mass is 633 g/mol. The van der Waals surface area contributed by atoms with Crippen LogP contribution in [-0.4, -0.2) is 78.2 Å². The van der Waals surface area contributed by atoms with E-state index in [1.165, 1.54) is 4.57 Å². The Morgan fingerprint density at radius 1 is 0.956 bits per heavy atom. The summed E-state index contributed by atoms with van der Waals surface area (Å²) in [5.74, 6) is 0.467. The van der Waals surface area contributed by atoms with Gasteiger partial charge in [-0.25, -0.2) is 4.79 Å². The van der Waals surface area contributed by atoms with Gasteiger partial charge in [0, 0.05) is 63.7 Å². The van der Waals surface area contributed by atoms with Crippen LogP contribution in [0.1, 0.15) is 96.3 Å². The number of guanidine groups is 2. The molecule has 1 aromatic rings. The maximum Gasteiger partial charge on any atom is 0.351 e. The highest BCUT2D eigenvalue weighted by atomic mass is 16.5. The smallest absolute Gasteiger partial charge is 0.351 e. The van der Waals surface area contributed by atoms with Crippen LogP contribution in [0.2, 0.25) is 0 Å². The minimum Gasteiger partial charge on any atom is -0.370 e. The van der Waals surface area contributed by atoms with Crippen LogP contribution >= 0.6 is 0 Å². The van der Waals surface area contributed by atoms with Crippen LogP contribution in [0.15, 0.2) is 21.0 Å². The molecule has 0 aliphatic carbocycles. The molecule has 254 valence electrons. The van der Waals surface area contributed by atoms with Gasteiger partial charge in [-0.1, -0.05) is 39.5 Å². The van der Waals surface area contributed by atoms with Gasteiger partial charge in [0.15, 0.2) is 11.9 Å². The van der Waals surface area contributed by atoms with Gasteiger partial charge in [-0.05, 0) is 32.6 Å². The van der Waals surface area contributed by atoms with Gasteiger partial charge in [0.1, 0.15) is 12.0 Å². The van der Waals surface area contributed by atoms with E-state index in [2.05, 4.69) is 39.4 Å². The molecule has 2 heterocycles. The summed E-state index contributed by atoms with van der Waals surface area (Å²) < 4.78 is 7.77. The van der Waals surface area contributed by atoms with Crippen LogP contribution in [0.5, 0.6) is 0 Å². The van der Waals surface area contributed by atoms with Gasteiger partial charge in [0.25, 0.3) is 0 Å². The van der Waals surface area contributed by atoms with Crippen molar-refractivity contribution < 1.29 is 14.3 Å². The summed E-state index contributed by atoms with van der Waals surface area (Å²) in [4.78, 5) is 53.1. The second-order valence-electron chi connectivity index (χ2n) is 11.5. The van der Waals surface area contributed by atoms with Crippen molar-refractivity contribution in [3.8, 4) is 0 Å². The SMILES string of the molecule is CCCCCC(=O)NC[C@H]1O[C@@H](n2cc(C)c(N(CCCN=C(N)N)CCCN=C(N)N)nc2=O)C[C@@H]1NC(=O)CCCCC. The van der Waals surface area contributed by atoms with E-state index in [1.54, 1.807) is 6.20 Å². The van der Waals surface area contributed by atoms with E-state index in [4.69, 9.17) is 27.7 Å². The molecule has 0 radical (unpaired) electrons. The number of nitrogens with zero attached hydrogens (tertiary/aromatic N) is 5. The summed E-state index contributed by atoms with van der Waals surface area (Å²) in [5, 5.41) is 6.03. The maximum absolute atomic E-state index is 13.4. The topological polar surface area (TPSA) is 234 Å². The average molecular weight is 634 g/mol. The molecular formula is C30H55N11O4. The van der Waals surface area contributed by atoms with Crippen molar-refractivity contribution in [2.24, 2.45) is 32.9 Å². The summed E-state index contributed by atoms with van der Waals surface area (Å²) in [6.07, 6.45) is 8.73. The molecule has 15 heteroatoms. The minimum absolute atomic E-state index is 0.0209. The van der Waals surface area contributed by atoms with Crippen LogP contribution in [0.4, 0.5) is 5.82 Å². The predicted octanol–water partition coefficient (Wildman–Crippen LogP) is 0.734. The molecule has 1 saturated heterocycles. The largest absolute Gasteiger partial charge is 0.370 e. The summed E-state index contributed by atoms with van der Waals surface area (Å²) in [6.45, 7) is 8.27. The number of ether oxygens (including phenoxy) is 1. The zero-order chi connectivity index (χ0) is 33.2. The number of rotatable bonds is 21. The Balaban J connectivity index is 2.23. The third-order valence-corrected chi connectivity index (χ3v) is 7.58. The Hall–Kier alpha value is -3.88. The zero-order valence-corrected chi connectivity index (χ0v) is 27.3. The molecular weight excluding hydrogens is 578 g/mol. The zero-order valence-electron chi connectivity index (χ0n) is 27.3. The van der Waals surface area contributed by atoms with E-state index in [1.807, 2.05) is 11.8 Å². The molecule has 3 atom stereocenters. The Morgan fingerprint density at radius 3 is 2.09 bits per heavy atom. The number of carbonyl (C=O) groups excluding carboxylic acids is 2. The molecule has 1 aliphatic rings. The summed E-state index contributed by atoms with van der Waals surface area (Å²) in [5.41, 5.74) is 22.1. The minimum atomic E-state index is -0.655. The van der Waals surface area contributed by atoms with Crippen molar-refractivity contribution in [3.63, 3.8) is 0 Å². The fourth-order valence-electron chi connectivity index (χ4n) is 5.24. The molecule has 0 unspecified atom stereocenters.